The highest BCUT2D eigenvalue weighted by Gasteiger charge is 2.17. The van der Waals surface area contributed by atoms with Gasteiger partial charge < -0.3 is 10.1 Å². The van der Waals surface area contributed by atoms with E-state index in [2.05, 4.69) is 17.9 Å². The molecule has 0 rings (SSSR count). The van der Waals surface area contributed by atoms with E-state index in [-0.39, 0.29) is 6.04 Å². The lowest BCUT2D eigenvalue weighted by atomic mass is 10.2. The van der Waals surface area contributed by atoms with Crippen molar-refractivity contribution in [2.45, 2.75) is 39.3 Å². The summed E-state index contributed by atoms with van der Waals surface area (Å²) in [7, 11) is 0. The number of hydrogen-bond acceptors (Lipinski definition) is 3. The van der Waals surface area contributed by atoms with Gasteiger partial charge in [0.1, 0.15) is 5.60 Å². The van der Waals surface area contributed by atoms with Crippen molar-refractivity contribution in [3.05, 3.63) is 12.2 Å². The van der Waals surface area contributed by atoms with Gasteiger partial charge in [0.15, 0.2) is 0 Å². The summed E-state index contributed by atoms with van der Waals surface area (Å²) in [5, 5.41) is 2.70. The average Bonchev–Trinajstić information content (AvgIpc) is 2.00. The first-order chi connectivity index (χ1) is 6.39. The second-order valence-electron chi connectivity index (χ2n) is 3.96. The molecule has 82 valence electrons. The summed E-state index contributed by atoms with van der Waals surface area (Å²) in [6, 6.07) is -0.0711. The minimum Gasteiger partial charge on any atom is -0.444 e. The molecule has 0 bridgehead atoms. The molecule has 3 nitrogen and oxygen atoms in total. The van der Waals surface area contributed by atoms with E-state index >= 15 is 0 Å². The Bertz CT molecular complexity index is 209. The van der Waals surface area contributed by atoms with Crippen LogP contribution in [-0.4, -0.2) is 23.5 Å². The topological polar surface area (TPSA) is 38.3 Å². The van der Waals surface area contributed by atoms with Crippen LogP contribution in [0.3, 0.4) is 0 Å². The number of carbonyl (C=O) groups is 1. The van der Waals surface area contributed by atoms with E-state index in [9.17, 15) is 4.79 Å². The molecule has 0 saturated heterocycles. The van der Waals surface area contributed by atoms with Crippen LogP contribution in [0.15, 0.2) is 12.2 Å². The normalized spacial score (nSPS) is 14.1. The van der Waals surface area contributed by atoms with Gasteiger partial charge in [0.25, 0.3) is 0 Å². The monoisotopic (exact) mass is 217 g/mol. The number of carbonyl (C=O) groups excluding carboxylic acids is 1. The molecule has 0 aliphatic rings. The smallest absolute Gasteiger partial charge is 0.408 e. The van der Waals surface area contributed by atoms with Crippen molar-refractivity contribution in [1.82, 2.24) is 5.32 Å². The summed E-state index contributed by atoms with van der Waals surface area (Å²) < 4.78 is 5.10. The number of thiol groups is 1. The Morgan fingerprint density at radius 3 is 2.50 bits per heavy atom. The zero-order valence-electron chi connectivity index (χ0n) is 9.20. The molecule has 0 spiro atoms. The SMILES string of the molecule is C/C=C/C(CS)NC(=O)OC(C)(C)C. The summed E-state index contributed by atoms with van der Waals surface area (Å²) in [6.07, 6.45) is 3.34. The molecule has 0 radical (unpaired) electrons. The fourth-order valence-corrected chi connectivity index (χ4v) is 1.06. The third-order valence-electron chi connectivity index (χ3n) is 1.32. The molecule has 0 saturated carbocycles. The molecule has 1 unspecified atom stereocenters. The molecule has 0 aromatic rings. The molecule has 0 aromatic carbocycles. The van der Waals surface area contributed by atoms with Gasteiger partial charge in [-0.2, -0.15) is 12.6 Å². The van der Waals surface area contributed by atoms with E-state index in [0.29, 0.717) is 5.75 Å². The van der Waals surface area contributed by atoms with Crippen molar-refractivity contribution in [1.29, 1.82) is 0 Å². The molecule has 0 heterocycles. The van der Waals surface area contributed by atoms with Crippen molar-refractivity contribution < 1.29 is 9.53 Å². The van der Waals surface area contributed by atoms with Gasteiger partial charge >= 0.3 is 6.09 Å². The molecule has 0 aliphatic carbocycles. The van der Waals surface area contributed by atoms with Crippen LogP contribution in [0.2, 0.25) is 0 Å². The van der Waals surface area contributed by atoms with E-state index < -0.39 is 11.7 Å². The first kappa shape index (κ1) is 13.4. The van der Waals surface area contributed by atoms with Gasteiger partial charge in [-0.25, -0.2) is 4.79 Å². The lowest BCUT2D eigenvalue weighted by molar-refractivity contribution is 0.0519. The molecule has 1 atom stereocenters. The molecular formula is C10H19NO2S. The minimum atomic E-state index is -0.457. The van der Waals surface area contributed by atoms with E-state index in [1.54, 1.807) is 0 Å². The van der Waals surface area contributed by atoms with Gasteiger partial charge in [-0.1, -0.05) is 12.2 Å². The highest BCUT2D eigenvalue weighted by atomic mass is 32.1. The Balaban J connectivity index is 4.04. The zero-order chi connectivity index (χ0) is 11.2. The van der Waals surface area contributed by atoms with Crippen LogP contribution < -0.4 is 5.32 Å². The van der Waals surface area contributed by atoms with Gasteiger partial charge in [0.2, 0.25) is 0 Å². The van der Waals surface area contributed by atoms with Crippen molar-refractivity contribution in [2.75, 3.05) is 5.75 Å². The second kappa shape index (κ2) is 5.96. The van der Waals surface area contributed by atoms with Crippen molar-refractivity contribution in [3.8, 4) is 0 Å². The molecule has 0 fully saturated rings. The zero-order valence-corrected chi connectivity index (χ0v) is 10.1. The van der Waals surface area contributed by atoms with E-state index in [1.165, 1.54) is 0 Å². The Morgan fingerprint density at radius 2 is 2.14 bits per heavy atom. The molecule has 0 aliphatic heterocycles. The number of amides is 1. The average molecular weight is 217 g/mol. The summed E-state index contributed by atoms with van der Waals surface area (Å²) in [4.78, 5) is 11.3. The van der Waals surface area contributed by atoms with Crippen LogP contribution in [0.4, 0.5) is 4.79 Å². The predicted molar refractivity (Wildman–Crippen MR) is 61.8 cm³/mol. The highest BCUT2D eigenvalue weighted by molar-refractivity contribution is 7.80. The summed E-state index contributed by atoms with van der Waals surface area (Å²) in [5.41, 5.74) is -0.457. The number of alkyl carbamates (subject to hydrolysis) is 1. The summed E-state index contributed by atoms with van der Waals surface area (Å²) >= 11 is 4.11. The number of ether oxygens (including phenoxy) is 1. The van der Waals surface area contributed by atoms with Gasteiger partial charge in [-0.15, -0.1) is 0 Å². The fraction of sp³-hybridized carbons (Fsp3) is 0.700. The van der Waals surface area contributed by atoms with E-state index in [0.717, 1.165) is 0 Å². The maximum absolute atomic E-state index is 11.3. The third kappa shape index (κ3) is 6.83. The van der Waals surface area contributed by atoms with E-state index in [4.69, 9.17) is 4.74 Å². The fourth-order valence-electron chi connectivity index (χ4n) is 0.846. The van der Waals surface area contributed by atoms with Crippen molar-refractivity contribution >= 4 is 18.7 Å². The number of rotatable bonds is 3. The first-order valence-corrected chi connectivity index (χ1v) is 5.25. The van der Waals surface area contributed by atoms with E-state index in [1.807, 2.05) is 39.8 Å². The van der Waals surface area contributed by atoms with Gasteiger partial charge in [0, 0.05) is 5.75 Å². The van der Waals surface area contributed by atoms with Crippen LogP contribution in [0, 0.1) is 0 Å². The number of nitrogens with one attached hydrogen (secondary N) is 1. The van der Waals surface area contributed by atoms with Crippen LogP contribution in [0.25, 0.3) is 0 Å². The lowest BCUT2D eigenvalue weighted by Crippen LogP contribution is -2.39. The minimum absolute atomic E-state index is 0.0711. The second-order valence-corrected chi connectivity index (χ2v) is 4.33. The number of allylic oxidation sites excluding steroid dienone is 1. The van der Waals surface area contributed by atoms with Crippen LogP contribution in [-0.2, 0) is 4.74 Å². The van der Waals surface area contributed by atoms with Crippen molar-refractivity contribution in [3.63, 3.8) is 0 Å². The Hall–Kier alpha value is -0.640. The quantitative estimate of drug-likeness (QED) is 0.562. The first-order valence-electron chi connectivity index (χ1n) is 4.62. The van der Waals surface area contributed by atoms with Crippen molar-refractivity contribution in [2.24, 2.45) is 0 Å². The molecule has 0 aromatic heterocycles. The Labute approximate surface area is 91.3 Å². The summed E-state index contributed by atoms with van der Waals surface area (Å²) in [6.45, 7) is 7.39. The molecule has 1 amide bonds. The van der Waals surface area contributed by atoms with Crippen LogP contribution in [0.5, 0.6) is 0 Å². The van der Waals surface area contributed by atoms with Gasteiger partial charge in [-0.3, -0.25) is 0 Å². The largest absolute Gasteiger partial charge is 0.444 e. The van der Waals surface area contributed by atoms with Crippen LogP contribution in [0.1, 0.15) is 27.7 Å². The Kier molecular flexibility index (Phi) is 5.69. The maximum Gasteiger partial charge on any atom is 0.408 e. The van der Waals surface area contributed by atoms with Crippen LogP contribution >= 0.6 is 12.6 Å². The molecule has 4 heteroatoms. The molecule has 14 heavy (non-hydrogen) atoms. The van der Waals surface area contributed by atoms with Gasteiger partial charge in [0.05, 0.1) is 6.04 Å². The summed E-state index contributed by atoms with van der Waals surface area (Å²) in [5.74, 6) is 0.559. The predicted octanol–water partition coefficient (Wildman–Crippen LogP) is 2.39. The van der Waals surface area contributed by atoms with Gasteiger partial charge in [-0.05, 0) is 27.7 Å². The lowest BCUT2D eigenvalue weighted by Gasteiger charge is -2.21. The molecule has 1 N–H and O–H groups in total. The highest BCUT2D eigenvalue weighted by Crippen LogP contribution is 2.07. The molecular weight excluding hydrogens is 198 g/mol. The maximum atomic E-state index is 11.3. The third-order valence-corrected chi connectivity index (χ3v) is 1.72. The Morgan fingerprint density at radius 1 is 1.57 bits per heavy atom. The standard InChI is InChI=1S/C10H19NO2S/c1-5-6-8(7-14)11-9(12)13-10(2,3)4/h5-6,8,14H,7H2,1-4H3,(H,11,12)/b6-5+. The number of hydrogen-bond donors (Lipinski definition) is 2.